The number of furan rings is 1. The second kappa shape index (κ2) is 13.8. The minimum absolute atomic E-state index is 0.910. The lowest BCUT2D eigenvalue weighted by molar-refractivity contribution is 0.674. The number of thiophene rings is 1. The van der Waals surface area contributed by atoms with E-state index in [-0.39, 0.29) is 0 Å². The van der Waals surface area contributed by atoms with Crippen LogP contribution in [0.25, 0.3) is 86.6 Å². The molecule has 11 rings (SSSR count). The Labute approximate surface area is 335 Å². The molecule has 0 aliphatic heterocycles. The van der Waals surface area contributed by atoms with Crippen LogP contribution >= 0.6 is 11.3 Å². The van der Waals surface area contributed by atoms with Crippen LogP contribution in [0.2, 0.25) is 0 Å². The lowest BCUT2D eigenvalue weighted by atomic mass is 9.98. The van der Waals surface area contributed by atoms with Gasteiger partial charge in [0.15, 0.2) is 0 Å². The molecule has 0 fully saturated rings. The van der Waals surface area contributed by atoms with Crippen LogP contribution in [0.15, 0.2) is 217 Å². The molecule has 0 amide bonds. The Morgan fingerprint density at radius 2 is 0.842 bits per heavy atom. The molecule has 0 bridgehead atoms. The Morgan fingerprint density at radius 3 is 1.56 bits per heavy atom. The number of nitrogens with zero attached hydrogens (tertiary/aromatic N) is 1. The molecule has 0 spiro atoms. The maximum Gasteiger partial charge on any atom is 0.144 e. The van der Waals surface area contributed by atoms with Crippen LogP contribution in [0.3, 0.4) is 0 Å². The topological polar surface area (TPSA) is 16.4 Å². The third kappa shape index (κ3) is 5.88. The largest absolute Gasteiger partial charge is 0.455 e. The molecule has 268 valence electrons. The van der Waals surface area contributed by atoms with Gasteiger partial charge in [0.25, 0.3) is 0 Å². The van der Waals surface area contributed by atoms with Crippen molar-refractivity contribution in [1.29, 1.82) is 0 Å². The Morgan fingerprint density at radius 1 is 0.316 bits per heavy atom. The highest BCUT2D eigenvalue weighted by atomic mass is 32.1. The summed E-state index contributed by atoms with van der Waals surface area (Å²) in [6.07, 6.45) is 0. The fraction of sp³-hybridized carbons (Fsp3) is 0. The van der Waals surface area contributed by atoms with Gasteiger partial charge in [0.05, 0.1) is 0 Å². The van der Waals surface area contributed by atoms with Gasteiger partial charge in [0.1, 0.15) is 11.2 Å². The number of benzene rings is 9. The first-order valence-corrected chi connectivity index (χ1v) is 20.1. The van der Waals surface area contributed by atoms with Gasteiger partial charge in [0, 0.05) is 53.6 Å². The molecule has 0 saturated carbocycles. The van der Waals surface area contributed by atoms with Crippen LogP contribution in [0.1, 0.15) is 0 Å². The number of fused-ring (bicyclic) bond motifs is 7. The van der Waals surface area contributed by atoms with Crippen molar-refractivity contribution in [3.63, 3.8) is 0 Å². The van der Waals surface area contributed by atoms with Crippen molar-refractivity contribution in [3.8, 4) is 44.5 Å². The summed E-state index contributed by atoms with van der Waals surface area (Å²) >= 11 is 1.82. The van der Waals surface area contributed by atoms with Crippen LogP contribution in [0.4, 0.5) is 17.1 Å². The third-order valence-corrected chi connectivity index (χ3v) is 12.2. The molecule has 9 aromatic carbocycles. The van der Waals surface area contributed by atoms with Gasteiger partial charge in [-0.05, 0) is 99.6 Å². The van der Waals surface area contributed by atoms with E-state index in [1.165, 1.54) is 53.6 Å². The summed E-state index contributed by atoms with van der Waals surface area (Å²) in [5, 5.41) is 4.72. The lowest BCUT2D eigenvalue weighted by Gasteiger charge is -2.26. The van der Waals surface area contributed by atoms with Crippen molar-refractivity contribution >= 4 is 70.5 Å². The van der Waals surface area contributed by atoms with Gasteiger partial charge in [-0.2, -0.15) is 0 Å². The highest BCUT2D eigenvalue weighted by Gasteiger charge is 2.19. The van der Waals surface area contributed by atoms with E-state index in [4.69, 9.17) is 4.42 Å². The molecule has 3 heteroatoms. The predicted octanol–water partition coefficient (Wildman–Crippen LogP) is 16.1. The van der Waals surface area contributed by atoms with Gasteiger partial charge in [-0.1, -0.05) is 152 Å². The lowest BCUT2D eigenvalue weighted by Crippen LogP contribution is -2.10. The first-order valence-electron chi connectivity index (χ1n) is 19.3. The Hall–Kier alpha value is -7.20. The van der Waals surface area contributed by atoms with E-state index >= 15 is 0 Å². The zero-order valence-corrected chi connectivity index (χ0v) is 31.8. The summed E-state index contributed by atoms with van der Waals surface area (Å²) in [5.74, 6) is 0. The molecule has 2 nitrogen and oxygen atoms in total. The monoisotopic (exact) mass is 745 g/mol. The number of hydrogen-bond donors (Lipinski definition) is 0. The second-order valence-electron chi connectivity index (χ2n) is 14.5. The molecule has 0 radical (unpaired) electrons. The van der Waals surface area contributed by atoms with Crippen LogP contribution in [-0.2, 0) is 0 Å². The SMILES string of the molecule is c1ccc(-c2ccc(N(c3ccc(-c4cccc(-c5ccccc5)c4)cc3)c3cccc(-c4cccc5c4oc4c5ccc5sc6ccccc6c54)c3)cc2)cc1. The smallest absolute Gasteiger partial charge is 0.144 e. The van der Waals surface area contributed by atoms with Gasteiger partial charge < -0.3 is 9.32 Å². The Bertz CT molecular complexity index is 3210. The van der Waals surface area contributed by atoms with E-state index in [9.17, 15) is 0 Å². The molecule has 11 aromatic rings. The Kier molecular flexibility index (Phi) is 8.04. The maximum absolute atomic E-state index is 6.93. The van der Waals surface area contributed by atoms with Gasteiger partial charge >= 0.3 is 0 Å². The molecular weight excluding hydrogens is 711 g/mol. The van der Waals surface area contributed by atoms with Crippen molar-refractivity contribution in [2.24, 2.45) is 0 Å². The van der Waals surface area contributed by atoms with E-state index in [2.05, 4.69) is 217 Å². The number of rotatable bonds is 7. The van der Waals surface area contributed by atoms with Crippen molar-refractivity contribution in [2.75, 3.05) is 4.90 Å². The van der Waals surface area contributed by atoms with Gasteiger partial charge in [-0.15, -0.1) is 11.3 Å². The first kappa shape index (κ1) is 33.2. The number of hydrogen-bond acceptors (Lipinski definition) is 3. The summed E-state index contributed by atoms with van der Waals surface area (Å²) < 4.78 is 9.45. The fourth-order valence-electron chi connectivity index (χ4n) is 8.30. The van der Waals surface area contributed by atoms with Crippen molar-refractivity contribution in [2.45, 2.75) is 0 Å². The second-order valence-corrected chi connectivity index (χ2v) is 15.6. The van der Waals surface area contributed by atoms with E-state index in [0.29, 0.717) is 0 Å². The molecule has 0 aliphatic carbocycles. The highest BCUT2D eigenvalue weighted by molar-refractivity contribution is 7.26. The van der Waals surface area contributed by atoms with E-state index in [1.54, 1.807) is 0 Å². The summed E-state index contributed by atoms with van der Waals surface area (Å²) in [5.41, 5.74) is 14.4. The molecule has 0 N–H and O–H groups in total. The normalized spacial score (nSPS) is 11.5. The first-order chi connectivity index (χ1) is 28.2. The molecule has 57 heavy (non-hydrogen) atoms. The fourth-order valence-corrected chi connectivity index (χ4v) is 9.40. The van der Waals surface area contributed by atoms with Gasteiger partial charge in [-0.3, -0.25) is 0 Å². The van der Waals surface area contributed by atoms with Gasteiger partial charge in [0.2, 0.25) is 0 Å². The van der Waals surface area contributed by atoms with E-state index in [1.807, 2.05) is 11.3 Å². The maximum atomic E-state index is 6.93. The van der Waals surface area contributed by atoms with Crippen molar-refractivity contribution < 1.29 is 4.42 Å². The predicted molar refractivity (Wildman–Crippen MR) is 243 cm³/mol. The zero-order chi connectivity index (χ0) is 37.7. The van der Waals surface area contributed by atoms with Gasteiger partial charge in [-0.25, -0.2) is 0 Å². The van der Waals surface area contributed by atoms with Crippen molar-refractivity contribution in [1.82, 2.24) is 0 Å². The standard InChI is InChI=1S/C54H35NOS/c1-3-12-36(13-4-1)38-24-28-43(29-25-38)55(44-30-26-39(27-31-44)41-17-9-16-40(34-41)37-14-5-2-6-15-37)45-19-10-18-42(35-45)46-21-11-22-47-48-32-33-51-52(54(48)56-53(46)47)49-20-7-8-23-50(49)57-51/h1-35H. The molecule has 0 atom stereocenters. The zero-order valence-electron chi connectivity index (χ0n) is 31.0. The average Bonchev–Trinajstić information content (AvgIpc) is 3.86. The third-order valence-electron chi connectivity index (χ3n) is 11.1. The molecule has 0 aliphatic rings. The molecule has 2 heterocycles. The summed E-state index contributed by atoms with van der Waals surface area (Å²) in [7, 11) is 0. The number of para-hydroxylation sites is 1. The molecular formula is C54H35NOS. The van der Waals surface area contributed by atoms with E-state index < -0.39 is 0 Å². The summed E-state index contributed by atoms with van der Waals surface area (Å²) in [4.78, 5) is 2.35. The Balaban J connectivity index is 1.02. The summed E-state index contributed by atoms with van der Waals surface area (Å²) in [6, 6.07) is 76.2. The van der Waals surface area contributed by atoms with Crippen LogP contribution < -0.4 is 4.90 Å². The highest BCUT2D eigenvalue weighted by Crippen LogP contribution is 2.45. The molecule has 0 unspecified atom stereocenters. The van der Waals surface area contributed by atoms with Crippen LogP contribution in [0.5, 0.6) is 0 Å². The van der Waals surface area contributed by atoms with Crippen LogP contribution in [-0.4, -0.2) is 0 Å². The van der Waals surface area contributed by atoms with E-state index in [0.717, 1.165) is 50.1 Å². The van der Waals surface area contributed by atoms with Crippen molar-refractivity contribution in [3.05, 3.63) is 212 Å². The summed E-state index contributed by atoms with van der Waals surface area (Å²) in [6.45, 7) is 0. The molecule has 0 saturated heterocycles. The minimum atomic E-state index is 0.910. The number of anilines is 3. The van der Waals surface area contributed by atoms with Crippen LogP contribution in [0, 0.1) is 0 Å². The minimum Gasteiger partial charge on any atom is -0.455 e. The quantitative estimate of drug-likeness (QED) is 0.162. The average molecular weight is 746 g/mol. The molecule has 2 aromatic heterocycles.